The molecular weight excluding hydrogens is 415 g/mol. The highest BCUT2D eigenvalue weighted by atomic mass is 32.2. The molecule has 29 heavy (non-hydrogen) atoms. The monoisotopic (exact) mass is 440 g/mol. The van der Waals surface area contributed by atoms with Gasteiger partial charge in [-0.2, -0.15) is 8.42 Å². The highest BCUT2D eigenvalue weighted by molar-refractivity contribution is 7.87. The van der Waals surface area contributed by atoms with Crippen LogP contribution in [0.2, 0.25) is 0 Å². The van der Waals surface area contributed by atoms with Gasteiger partial charge in [0.1, 0.15) is 6.35 Å². The van der Waals surface area contributed by atoms with Crippen LogP contribution >= 0.6 is 7.37 Å². The Morgan fingerprint density at radius 1 is 1.10 bits per heavy atom. The van der Waals surface area contributed by atoms with E-state index in [2.05, 4.69) is 0 Å². The molecule has 2 rings (SSSR count). The van der Waals surface area contributed by atoms with Crippen LogP contribution in [-0.4, -0.2) is 38.6 Å². The smallest absolute Gasteiger partial charge is 0.307 e. The molecule has 2 aromatic carbocycles. The number of hydrogen-bond acceptors (Lipinski definition) is 6. The molecule has 0 spiro atoms. The quantitative estimate of drug-likeness (QED) is 0.417. The molecule has 0 aliphatic rings. The first-order valence-electron chi connectivity index (χ1n) is 9.10. The third-order valence-electron chi connectivity index (χ3n) is 4.25. The SMILES string of the molecule is CCOP(=O)(COS(=O)(=O)c1ccc(C)cc1)CC(Cc1ccccc1)C(=O)O. The number of carbonyl (C=O) groups is 1. The van der Waals surface area contributed by atoms with Crippen molar-refractivity contribution in [1.29, 1.82) is 0 Å². The number of benzene rings is 2. The topological polar surface area (TPSA) is 107 Å². The highest BCUT2D eigenvalue weighted by Crippen LogP contribution is 2.49. The number of aliphatic carboxylic acids is 1. The maximum absolute atomic E-state index is 13.2. The predicted octanol–water partition coefficient (Wildman–Crippen LogP) is 3.92. The Hall–Kier alpha value is -1.99. The second-order valence-corrected chi connectivity index (χ2v) is 10.8. The van der Waals surface area contributed by atoms with Crippen LogP contribution in [0, 0.1) is 12.8 Å². The Labute approximate surface area is 171 Å². The summed E-state index contributed by atoms with van der Waals surface area (Å²) in [5.74, 6) is -2.13. The number of aryl methyl sites for hydroxylation is 1. The molecule has 9 heteroatoms. The summed E-state index contributed by atoms with van der Waals surface area (Å²) in [5.41, 5.74) is 1.66. The first-order chi connectivity index (χ1) is 13.6. The van der Waals surface area contributed by atoms with Gasteiger partial charge < -0.3 is 9.63 Å². The van der Waals surface area contributed by atoms with Crippen molar-refractivity contribution in [2.45, 2.75) is 25.2 Å². The van der Waals surface area contributed by atoms with E-state index in [1.54, 1.807) is 43.3 Å². The summed E-state index contributed by atoms with van der Waals surface area (Å²) in [6.07, 6.45) is -0.887. The van der Waals surface area contributed by atoms with Crippen LogP contribution in [0.4, 0.5) is 0 Å². The summed E-state index contributed by atoms with van der Waals surface area (Å²) < 4.78 is 48.3. The molecule has 0 fully saturated rings. The Balaban J connectivity index is 2.15. The molecule has 0 aliphatic carbocycles. The van der Waals surface area contributed by atoms with Crippen molar-refractivity contribution in [2.24, 2.45) is 5.92 Å². The van der Waals surface area contributed by atoms with Gasteiger partial charge in [0.2, 0.25) is 7.37 Å². The van der Waals surface area contributed by atoms with E-state index in [4.69, 9.17) is 8.71 Å². The van der Waals surface area contributed by atoms with Crippen molar-refractivity contribution >= 4 is 23.5 Å². The minimum atomic E-state index is -4.14. The van der Waals surface area contributed by atoms with Crippen molar-refractivity contribution < 1.29 is 31.6 Å². The van der Waals surface area contributed by atoms with Crippen molar-refractivity contribution in [3.8, 4) is 0 Å². The van der Waals surface area contributed by atoms with Crippen LogP contribution in [0.25, 0.3) is 0 Å². The second-order valence-electron chi connectivity index (χ2n) is 6.65. The number of rotatable bonds is 11. The molecule has 0 heterocycles. The highest BCUT2D eigenvalue weighted by Gasteiger charge is 2.34. The molecule has 0 aliphatic heterocycles. The van der Waals surface area contributed by atoms with Crippen LogP contribution in [0.15, 0.2) is 59.5 Å². The van der Waals surface area contributed by atoms with Crippen LogP contribution in [0.1, 0.15) is 18.1 Å². The molecule has 0 amide bonds. The summed E-state index contributed by atoms with van der Waals surface area (Å²) in [5, 5.41) is 9.56. The lowest BCUT2D eigenvalue weighted by atomic mass is 10.0. The molecule has 158 valence electrons. The van der Waals surface area contributed by atoms with Crippen LogP contribution in [0.3, 0.4) is 0 Å². The zero-order valence-corrected chi connectivity index (χ0v) is 18.1. The maximum atomic E-state index is 13.2. The van der Waals surface area contributed by atoms with Crippen molar-refractivity contribution in [3.63, 3.8) is 0 Å². The number of hydrogen-bond donors (Lipinski definition) is 1. The summed E-state index contributed by atoms with van der Waals surface area (Å²) in [7, 11) is -7.82. The largest absolute Gasteiger partial charge is 0.481 e. The third kappa shape index (κ3) is 7.08. The molecule has 2 unspecified atom stereocenters. The van der Waals surface area contributed by atoms with E-state index < -0.39 is 35.7 Å². The lowest BCUT2D eigenvalue weighted by Crippen LogP contribution is -2.23. The van der Waals surface area contributed by atoms with Gasteiger partial charge in [0.15, 0.2) is 0 Å². The fraction of sp³-hybridized carbons (Fsp3) is 0.350. The van der Waals surface area contributed by atoms with Gasteiger partial charge in [0.25, 0.3) is 10.1 Å². The average molecular weight is 440 g/mol. The first-order valence-corrected chi connectivity index (χ1v) is 12.5. The zero-order chi connectivity index (χ0) is 21.5. The Morgan fingerprint density at radius 2 is 1.72 bits per heavy atom. The number of carboxylic acid groups (broad SMARTS) is 1. The first kappa shape index (κ1) is 23.3. The van der Waals surface area contributed by atoms with Gasteiger partial charge in [0, 0.05) is 6.16 Å². The molecule has 7 nitrogen and oxygen atoms in total. The van der Waals surface area contributed by atoms with Gasteiger partial charge in [-0.25, -0.2) is 0 Å². The van der Waals surface area contributed by atoms with Crippen molar-refractivity contribution in [2.75, 3.05) is 19.1 Å². The van der Waals surface area contributed by atoms with Gasteiger partial charge >= 0.3 is 5.97 Å². The van der Waals surface area contributed by atoms with E-state index in [0.717, 1.165) is 11.1 Å². The molecule has 0 radical (unpaired) electrons. The van der Waals surface area contributed by atoms with Gasteiger partial charge in [-0.3, -0.25) is 13.5 Å². The van der Waals surface area contributed by atoms with E-state index >= 15 is 0 Å². The van der Waals surface area contributed by atoms with Crippen LogP contribution in [0.5, 0.6) is 0 Å². The Morgan fingerprint density at radius 3 is 2.28 bits per heavy atom. The van der Waals surface area contributed by atoms with Gasteiger partial charge in [-0.15, -0.1) is 0 Å². The fourth-order valence-corrected chi connectivity index (χ4v) is 6.28. The van der Waals surface area contributed by atoms with E-state index in [-0.39, 0.29) is 24.1 Å². The fourth-order valence-electron chi connectivity index (χ4n) is 2.76. The standard InChI is InChI=1S/C20H25O7PS/c1-3-26-28(23,14-18(20(21)22)13-17-7-5-4-6-8-17)15-27-29(24,25)19-11-9-16(2)10-12-19/h4-12,18H,3,13-15H2,1-2H3,(H,21,22). The van der Waals surface area contributed by atoms with Crippen LogP contribution in [-0.2, 0) is 34.6 Å². The molecule has 2 aromatic rings. The molecule has 0 bridgehead atoms. The zero-order valence-electron chi connectivity index (χ0n) is 16.4. The molecule has 1 N–H and O–H groups in total. The molecular formula is C20H25O7PS. The lowest BCUT2D eigenvalue weighted by Gasteiger charge is -2.21. The second kappa shape index (κ2) is 10.2. The van der Waals surface area contributed by atoms with Gasteiger partial charge in [-0.05, 0) is 38.0 Å². The Bertz CT molecular complexity index is 956. The van der Waals surface area contributed by atoms with E-state index in [0.29, 0.717) is 0 Å². The van der Waals surface area contributed by atoms with E-state index in [1.807, 2.05) is 13.0 Å². The van der Waals surface area contributed by atoms with E-state index in [9.17, 15) is 22.9 Å². The summed E-state index contributed by atoms with van der Waals surface area (Å²) in [6.45, 7) is 3.47. The molecule has 2 atom stereocenters. The molecule has 0 aromatic heterocycles. The number of carboxylic acids is 1. The van der Waals surface area contributed by atoms with Crippen molar-refractivity contribution in [1.82, 2.24) is 0 Å². The minimum absolute atomic E-state index is 0.0445. The average Bonchev–Trinajstić information content (AvgIpc) is 2.67. The Kier molecular flexibility index (Phi) is 8.16. The molecule has 0 saturated heterocycles. The lowest BCUT2D eigenvalue weighted by molar-refractivity contribution is -0.141. The summed E-state index contributed by atoms with van der Waals surface area (Å²) in [4.78, 5) is 11.6. The minimum Gasteiger partial charge on any atom is -0.481 e. The normalized spacial score (nSPS) is 14.8. The van der Waals surface area contributed by atoms with Crippen LogP contribution < -0.4 is 0 Å². The third-order valence-corrected chi connectivity index (χ3v) is 7.95. The summed E-state index contributed by atoms with van der Waals surface area (Å²) >= 11 is 0. The predicted molar refractivity (Wildman–Crippen MR) is 110 cm³/mol. The summed E-state index contributed by atoms with van der Waals surface area (Å²) in [6, 6.07) is 15.0. The van der Waals surface area contributed by atoms with Gasteiger partial charge in [-0.1, -0.05) is 48.0 Å². The van der Waals surface area contributed by atoms with Gasteiger partial charge in [0.05, 0.1) is 17.4 Å². The van der Waals surface area contributed by atoms with Crippen molar-refractivity contribution in [3.05, 3.63) is 65.7 Å². The molecule has 0 saturated carbocycles. The van der Waals surface area contributed by atoms with E-state index in [1.165, 1.54) is 12.1 Å². The maximum Gasteiger partial charge on any atom is 0.307 e.